The third-order valence-corrected chi connectivity index (χ3v) is 3.59. The van der Waals surface area contributed by atoms with Crippen LogP contribution in [0.4, 0.5) is 14.5 Å². The van der Waals surface area contributed by atoms with Crippen LogP contribution in [0.2, 0.25) is 0 Å². The van der Waals surface area contributed by atoms with Crippen LogP contribution in [0, 0.1) is 17.6 Å². The number of amides is 2. The van der Waals surface area contributed by atoms with Gasteiger partial charge in [-0.25, -0.2) is 8.78 Å². The summed E-state index contributed by atoms with van der Waals surface area (Å²) in [5, 5.41) is 5.56. The van der Waals surface area contributed by atoms with Crippen molar-refractivity contribution in [2.24, 2.45) is 5.92 Å². The number of hydrogen-bond donors (Lipinski definition) is 2. The number of nitrogens with one attached hydrogen (secondary N) is 2. The maximum absolute atomic E-state index is 13.1. The Morgan fingerprint density at radius 3 is 2.35 bits per heavy atom. The van der Waals surface area contributed by atoms with Gasteiger partial charge in [-0.1, -0.05) is 0 Å². The minimum absolute atomic E-state index is 0. The first kappa shape index (κ1) is 19.3. The van der Waals surface area contributed by atoms with Crippen molar-refractivity contribution in [2.45, 2.75) is 12.8 Å². The van der Waals surface area contributed by atoms with E-state index in [1.807, 2.05) is 0 Å². The summed E-state index contributed by atoms with van der Waals surface area (Å²) >= 11 is 0. The highest BCUT2D eigenvalue weighted by molar-refractivity contribution is 5.94. The van der Waals surface area contributed by atoms with Crippen LogP contribution in [0.25, 0.3) is 0 Å². The Hall–Kier alpha value is -1.73. The number of likely N-dealkylation sites (N-methyl/N-ethyl adjacent to an activating group) is 1. The van der Waals surface area contributed by atoms with Gasteiger partial charge in [-0.05, 0) is 38.1 Å². The first-order valence-electron chi connectivity index (χ1n) is 7.17. The van der Waals surface area contributed by atoms with Crippen LogP contribution in [0.3, 0.4) is 0 Å². The van der Waals surface area contributed by atoms with Crippen molar-refractivity contribution in [3.05, 3.63) is 29.8 Å². The number of hydrogen-bond acceptors (Lipinski definition) is 3. The van der Waals surface area contributed by atoms with Gasteiger partial charge >= 0.3 is 0 Å². The molecule has 0 saturated carbocycles. The van der Waals surface area contributed by atoms with Gasteiger partial charge in [-0.2, -0.15) is 0 Å². The van der Waals surface area contributed by atoms with Crippen LogP contribution in [-0.2, 0) is 9.59 Å². The van der Waals surface area contributed by atoms with E-state index in [9.17, 15) is 18.4 Å². The predicted octanol–water partition coefficient (Wildman–Crippen LogP) is 1.78. The van der Waals surface area contributed by atoms with Crippen LogP contribution >= 0.6 is 12.4 Å². The molecule has 128 valence electrons. The molecule has 2 N–H and O–H groups in total. The van der Waals surface area contributed by atoms with Crippen LogP contribution in [-0.4, -0.2) is 43.4 Å². The van der Waals surface area contributed by atoms with Gasteiger partial charge in [0.05, 0.1) is 6.54 Å². The number of anilines is 1. The topological polar surface area (TPSA) is 61.4 Å². The minimum Gasteiger partial charge on any atom is -0.336 e. The van der Waals surface area contributed by atoms with Crippen molar-refractivity contribution in [3.63, 3.8) is 0 Å². The zero-order chi connectivity index (χ0) is 16.1. The summed E-state index contributed by atoms with van der Waals surface area (Å²) in [6, 6.07) is 2.77. The molecule has 0 radical (unpaired) electrons. The average Bonchev–Trinajstić information content (AvgIpc) is 2.46. The average molecular weight is 348 g/mol. The number of piperidine rings is 1. The van der Waals surface area contributed by atoms with E-state index in [0.717, 1.165) is 44.1 Å². The molecule has 2 amide bonds. The molecule has 1 heterocycles. The molecule has 1 aliphatic rings. The van der Waals surface area contributed by atoms with E-state index >= 15 is 0 Å². The predicted molar refractivity (Wildman–Crippen MR) is 85.5 cm³/mol. The van der Waals surface area contributed by atoms with Crippen LogP contribution in [0.5, 0.6) is 0 Å². The van der Waals surface area contributed by atoms with Crippen molar-refractivity contribution in [1.82, 2.24) is 10.2 Å². The first-order valence-corrected chi connectivity index (χ1v) is 7.17. The number of halogens is 3. The molecular formula is C15H20ClF2N3O2. The number of carbonyl (C=O) groups is 2. The van der Waals surface area contributed by atoms with Gasteiger partial charge in [-0.15, -0.1) is 12.4 Å². The number of benzene rings is 1. The second-order valence-corrected chi connectivity index (χ2v) is 5.42. The largest absolute Gasteiger partial charge is 0.336 e. The maximum Gasteiger partial charge on any atom is 0.243 e. The van der Waals surface area contributed by atoms with Crippen LogP contribution in [0.15, 0.2) is 18.2 Å². The molecule has 0 atom stereocenters. The summed E-state index contributed by atoms with van der Waals surface area (Å²) in [5.41, 5.74) is 0.0326. The lowest BCUT2D eigenvalue weighted by Crippen LogP contribution is -2.42. The summed E-state index contributed by atoms with van der Waals surface area (Å²) in [6.07, 6.45) is 1.50. The Balaban J connectivity index is 0.00000264. The molecule has 1 aromatic carbocycles. The standard InChI is InChI=1S/C15H19F2N3O2.ClH/c1-20(15(22)10-2-4-18-5-3-10)9-14(21)19-13-7-11(16)6-12(17)8-13;/h6-8,10,18H,2-5,9H2,1H3,(H,19,21);1H. The molecule has 2 rings (SSSR count). The van der Waals surface area contributed by atoms with E-state index in [0.29, 0.717) is 0 Å². The van der Waals surface area contributed by atoms with Crippen molar-refractivity contribution < 1.29 is 18.4 Å². The number of rotatable bonds is 4. The molecule has 0 bridgehead atoms. The Morgan fingerprint density at radius 1 is 1.22 bits per heavy atom. The molecule has 0 spiro atoms. The summed E-state index contributed by atoms with van der Waals surface area (Å²) < 4.78 is 26.1. The molecule has 23 heavy (non-hydrogen) atoms. The second kappa shape index (κ2) is 8.79. The zero-order valence-electron chi connectivity index (χ0n) is 12.8. The number of carbonyl (C=O) groups excluding carboxylic acids is 2. The quantitative estimate of drug-likeness (QED) is 0.873. The first-order chi connectivity index (χ1) is 10.5. The molecular weight excluding hydrogens is 328 g/mol. The monoisotopic (exact) mass is 347 g/mol. The Labute approximate surface area is 139 Å². The third kappa shape index (κ3) is 5.76. The van der Waals surface area contributed by atoms with E-state index in [-0.39, 0.29) is 36.5 Å². The van der Waals surface area contributed by atoms with Gasteiger partial charge in [-0.3, -0.25) is 9.59 Å². The van der Waals surface area contributed by atoms with E-state index in [2.05, 4.69) is 10.6 Å². The van der Waals surface area contributed by atoms with Gasteiger partial charge in [0.15, 0.2) is 0 Å². The van der Waals surface area contributed by atoms with E-state index < -0.39 is 17.5 Å². The van der Waals surface area contributed by atoms with Gasteiger partial charge in [0.25, 0.3) is 0 Å². The van der Waals surface area contributed by atoms with Gasteiger partial charge in [0, 0.05) is 24.7 Å². The fourth-order valence-electron chi connectivity index (χ4n) is 2.50. The second-order valence-electron chi connectivity index (χ2n) is 5.42. The third-order valence-electron chi connectivity index (χ3n) is 3.59. The Bertz CT molecular complexity index is 545. The fourth-order valence-corrected chi connectivity index (χ4v) is 2.50. The lowest BCUT2D eigenvalue weighted by molar-refractivity contribution is -0.137. The van der Waals surface area contributed by atoms with Crippen molar-refractivity contribution in [1.29, 1.82) is 0 Å². The lowest BCUT2D eigenvalue weighted by Gasteiger charge is -2.26. The highest BCUT2D eigenvalue weighted by atomic mass is 35.5. The molecule has 5 nitrogen and oxygen atoms in total. The summed E-state index contributed by atoms with van der Waals surface area (Å²) in [7, 11) is 1.55. The van der Waals surface area contributed by atoms with Crippen molar-refractivity contribution in [2.75, 3.05) is 32.0 Å². The van der Waals surface area contributed by atoms with Gasteiger partial charge < -0.3 is 15.5 Å². The Kier molecular flexibility index (Phi) is 7.38. The molecule has 1 aliphatic heterocycles. The molecule has 1 fully saturated rings. The fraction of sp³-hybridized carbons (Fsp3) is 0.467. The van der Waals surface area contributed by atoms with Crippen LogP contribution in [0.1, 0.15) is 12.8 Å². The molecule has 0 unspecified atom stereocenters. The number of nitrogens with zero attached hydrogens (tertiary/aromatic N) is 1. The van der Waals surface area contributed by atoms with Gasteiger partial charge in [0.2, 0.25) is 11.8 Å². The molecule has 0 aliphatic carbocycles. The molecule has 0 aromatic heterocycles. The smallest absolute Gasteiger partial charge is 0.243 e. The highest BCUT2D eigenvalue weighted by Crippen LogP contribution is 2.15. The summed E-state index contributed by atoms with van der Waals surface area (Å²) in [5.74, 6) is -2.19. The minimum atomic E-state index is -0.769. The zero-order valence-corrected chi connectivity index (χ0v) is 13.6. The highest BCUT2D eigenvalue weighted by Gasteiger charge is 2.24. The molecule has 1 saturated heterocycles. The van der Waals surface area contributed by atoms with Gasteiger partial charge in [0.1, 0.15) is 11.6 Å². The summed E-state index contributed by atoms with van der Waals surface area (Å²) in [4.78, 5) is 25.4. The lowest BCUT2D eigenvalue weighted by atomic mass is 9.97. The van der Waals surface area contributed by atoms with Crippen molar-refractivity contribution in [3.8, 4) is 0 Å². The molecule has 8 heteroatoms. The summed E-state index contributed by atoms with van der Waals surface area (Å²) in [6.45, 7) is 1.43. The SMILES string of the molecule is CN(CC(=O)Nc1cc(F)cc(F)c1)C(=O)C1CCNCC1.Cl. The van der Waals surface area contributed by atoms with E-state index in [1.165, 1.54) is 4.90 Å². The van der Waals surface area contributed by atoms with E-state index in [4.69, 9.17) is 0 Å². The normalized spacial score (nSPS) is 14.7. The molecule has 1 aromatic rings. The Morgan fingerprint density at radius 2 is 1.78 bits per heavy atom. The van der Waals surface area contributed by atoms with E-state index in [1.54, 1.807) is 7.05 Å². The maximum atomic E-state index is 13.1. The van der Waals surface area contributed by atoms with Crippen LogP contribution < -0.4 is 10.6 Å². The van der Waals surface area contributed by atoms with Crippen molar-refractivity contribution >= 4 is 29.9 Å².